The molecule has 0 aliphatic heterocycles. The number of aromatic nitrogens is 2. The molecule has 0 atom stereocenters. The molecule has 0 saturated carbocycles. The van der Waals surface area contributed by atoms with Crippen molar-refractivity contribution < 1.29 is 9.84 Å². The van der Waals surface area contributed by atoms with Crippen LogP contribution in [0.5, 0.6) is 11.6 Å². The minimum absolute atomic E-state index is 0.162. The third-order valence-corrected chi connectivity index (χ3v) is 1.37. The molecule has 1 aromatic heterocycles. The molecule has 0 saturated heterocycles. The Morgan fingerprint density at radius 1 is 1.55 bits per heavy atom. The molecule has 0 radical (unpaired) electrons. The molecule has 0 bridgehead atoms. The maximum absolute atomic E-state index is 9.03. The second-order valence-electron chi connectivity index (χ2n) is 2.08. The van der Waals surface area contributed by atoms with E-state index in [-0.39, 0.29) is 5.88 Å². The number of aryl methyl sites for hydroxylation is 1. The molecule has 0 fully saturated rings. The Balaban J connectivity index is 3.02. The summed E-state index contributed by atoms with van der Waals surface area (Å²) in [6.07, 6.45) is 0.781. The molecule has 11 heavy (non-hydrogen) atoms. The van der Waals surface area contributed by atoms with Crippen LogP contribution in [0, 0.1) is 0 Å². The molecule has 4 heteroatoms. The van der Waals surface area contributed by atoms with Crippen molar-refractivity contribution in [1.29, 1.82) is 0 Å². The third kappa shape index (κ3) is 1.58. The summed E-state index contributed by atoms with van der Waals surface area (Å²) in [7, 11) is 1.48. The van der Waals surface area contributed by atoms with E-state index >= 15 is 0 Å². The molecule has 1 rings (SSSR count). The van der Waals surface area contributed by atoms with Crippen LogP contribution in [0.15, 0.2) is 6.07 Å². The smallest absolute Gasteiger partial charge is 0.273 e. The molecule has 0 aliphatic carbocycles. The highest BCUT2D eigenvalue weighted by Gasteiger charge is 2.03. The molecular formula is C7H10N2O2. The first-order valence-electron chi connectivity index (χ1n) is 3.37. The zero-order valence-corrected chi connectivity index (χ0v) is 6.53. The zero-order valence-electron chi connectivity index (χ0n) is 6.53. The summed E-state index contributed by atoms with van der Waals surface area (Å²) in [5.41, 5.74) is 0.805. The van der Waals surface area contributed by atoms with Gasteiger partial charge in [-0.1, -0.05) is 6.92 Å². The van der Waals surface area contributed by atoms with Crippen molar-refractivity contribution in [2.24, 2.45) is 0 Å². The fourth-order valence-corrected chi connectivity index (χ4v) is 0.729. The highest BCUT2D eigenvalue weighted by atomic mass is 16.5. The molecule has 0 aliphatic rings. The zero-order chi connectivity index (χ0) is 8.27. The summed E-state index contributed by atoms with van der Waals surface area (Å²) in [4.78, 5) is 0. The van der Waals surface area contributed by atoms with E-state index in [1.807, 2.05) is 6.92 Å². The Kier molecular flexibility index (Phi) is 2.25. The average Bonchev–Trinajstić information content (AvgIpc) is 2.05. The lowest BCUT2D eigenvalue weighted by molar-refractivity contribution is 0.357. The minimum Gasteiger partial charge on any atom is -0.491 e. The van der Waals surface area contributed by atoms with E-state index in [2.05, 4.69) is 10.2 Å². The van der Waals surface area contributed by atoms with Gasteiger partial charge in [0.25, 0.3) is 5.88 Å². The fourth-order valence-electron chi connectivity index (χ4n) is 0.729. The van der Waals surface area contributed by atoms with Crippen molar-refractivity contribution in [3.05, 3.63) is 11.8 Å². The third-order valence-electron chi connectivity index (χ3n) is 1.37. The Labute approximate surface area is 64.8 Å². The van der Waals surface area contributed by atoms with E-state index in [0.717, 1.165) is 12.1 Å². The number of hydrogen-bond acceptors (Lipinski definition) is 4. The Morgan fingerprint density at radius 3 is 2.82 bits per heavy atom. The Hall–Kier alpha value is -1.32. The van der Waals surface area contributed by atoms with Crippen LogP contribution in [-0.4, -0.2) is 22.4 Å². The highest BCUT2D eigenvalue weighted by Crippen LogP contribution is 2.21. The van der Waals surface area contributed by atoms with Gasteiger partial charge in [0.05, 0.1) is 12.8 Å². The van der Waals surface area contributed by atoms with Crippen LogP contribution in [0.4, 0.5) is 0 Å². The van der Waals surface area contributed by atoms with Gasteiger partial charge >= 0.3 is 0 Å². The molecule has 1 N–H and O–H groups in total. The van der Waals surface area contributed by atoms with Crippen molar-refractivity contribution in [3.8, 4) is 11.6 Å². The fraction of sp³-hybridized carbons (Fsp3) is 0.429. The molecular weight excluding hydrogens is 144 g/mol. The van der Waals surface area contributed by atoms with E-state index in [1.165, 1.54) is 7.11 Å². The van der Waals surface area contributed by atoms with Crippen LogP contribution in [0.25, 0.3) is 0 Å². The van der Waals surface area contributed by atoms with Crippen molar-refractivity contribution in [3.63, 3.8) is 0 Å². The normalized spacial score (nSPS) is 9.64. The van der Waals surface area contributed by atoms with Gasteiger partial charge in [-0.05, 0) is 6.42 Å². The van der Waals surface area contributed by atoms with Crippen molar-refractivity contribution in [2.75, 3.05) is 7.11 Å². The lowest BCUT2D eigenvalue weighted by Crippen LogP contribution is -1.93. The van der Waals surface area contributed by atoms with Crippen LogP contribution in [-0.2, 0) is 6.42 Å². The van der Waals surface area contributed by atoms with Gasteiger partial charge in [-0.3, -0.25) is 0 Å². The van der Waals surface area contributed by atoms with Crippen molar-refractivity contribution in [2.45, 2.75) is 13.3 Å². The van der Waals surface area contributed by atoms with E-state index in [4.69, 9.17) is 9.84 Å². The van der Waals surface area contributed by atoms with Gasteiger partial charge < -0.3 is 9.84 Å². The first-order chi connectivity index (χ1) is 5.27. The average molecular weight is 154 g/mol. The molecule has 0 aromatic carbocycles. The second-order valence-corrected chi connectivity index (χ2v) is 2.08. The molecule has 1 aromatic rings. The Morgan fingerprint density at radius 2 is 2.27 bits per heavy atom. The lowest BCUT2D eigenvalue weighted by atomic mass is 10.3. The summed E-state index contributed by atoms with van der Waals surface area (Å²) in [6.45, 7) is 1.96. The van der Waals surface area contributed by atoms with Crippen molar-refractivity contribution in [1.82, 2.24) is 10.2 Å². The minimum atomic E-state index is -0.162. The number of ether oxygens (including phenoxy) is 1. The van der Waals surface area contributed by atoms with Gasteiger partial charge in [-0.25, -0.2) is 0 Å². The summed E-state index contributed by atoms with van der Waals surface area (Å²) >= 11 is 0. The largest absolute Gasteiger partial charge is 0.491 e. The predicted molar refractivity (Wildman–Crippen MR) is 39.6 cm³/mol. The molecule has 0 spiro atoms. The number of hydrogen-bond donors (Lipinski definition) is 1. The number of aromatic hydroxyl groups is 1. The van der Waals surface area contributed by atoms with Crippen LogP contribution >= 0.6 is 0 Å². The molecule has 0 unspecified atom stereocenters. The number of rotatable bonds is 2. The van der Waals surface area contributed by atoms with Crippen LogP contribution < -0.4 is 4.74 Å². The van der Waals surface area contributed by atoms with E-state index in [0.29, 0.717) is 5.75 Å². The SMILES string of the molecule is CCc1cc(OC)c(O)nn1. The number of nitrogens with zero attached hydrogens (tertiary/aromatic N) is 2. The summed E-state index contributed by atoms with van der Waals surface area (Å²) in [6, 6.07) is 1.67. The molecule has 4 nitrogen and oxygen atoms in total. The molecule has 60 valence electrons. The van der Waals surface area contributed by atoms with Crippen LogP contribution in [0.1, 0.15) is 12.6 Å². The monoisotopic (exact) mass is 154 g/mol. The summed E-state index contributed by atoms with van der Waals surface area (Å²) < 4.78 is 4.83. The van der Waals surface area contributed by atoms with Crippen molar-refractivity contribution >= 4 is 0 Å². The second kappa shape index (κ2) is 3.18. The Bertz CT molecular complexity index is 250. The quantitative estimate of drug-likeness (QED) is 0.683. The van der Waals surface area contributed by atoms with Crippen LogP contribution in [0.2, 0.25) is 0 Å². The number of methoxy groups -OCH3 is 1. The van der Waals surface area contributed by atoms with E-state index in [9.17, 15) is 0 Å². The topological polar surface area (TPSA) is 55.2 Å². The maximum Gasteiger partial charge on any atom is 0.273 e. The van der Waals surface area contributed by atoms with E-state index < -0.39 is 0 Å². The lowest BCUT2D eigenvalue weighted by Gasteiger charge is -2.01. The van der Waals surface area contributed by atoms with Gasteiger partial charge in [0.15, 0.2) is 5.75 Å². The van der Waals surface area contributed by atoms with E-state index in [1.54, 1.807) is 6.07 Å². The maximum atomic E-state index is 9.03. The first kappa shape index (κ1) is 7.78. The van der Waals surface area contributed by atoms with Gasteiger partial charge in [-0.15, -0.1) is 5.10 Å². The van der Waals surface area contributed by atoms with Gasteiger partial charge in [0.1, 0.15) is 0 Å². The summed E-state index contributed by atoms with van der Waals surface area (Å²) in [5.74, 6) is 0.210. The molecule has 1 heterocycles. The standard InChI is InChI=1S/C7H10N2O2/c1-3-5-4-6(11-2)7(10)9-8-5/h4H,3H2,1-2H3,(H,9,10). The molecule has 0 amide bonds. The predicted octanol–water partition coefficient (Wildman–Crippen LogP) is 0.753. The van der Waals surface area contributed by atoms with Gasteiger partial charge in [0, 0.05) is 6.07 Å². The first-order valence-corrected chi connectivity index (χ1v) is 3.37. The van der Waals surface area contributed by atoms with Gasteiger partial charge in [0.2, 0.25) is 0 Å². The summed E-state index contributed by atoms with van der Waals surface area (Å²) in [5, 5.41) is 16.3. The van der Waals surface area contributed by atoms with Gasteiger partial charge in [-0.2, -0.15) is 5.10 Å². The highest BCUT2D eigenvalue weighted by molar-refractivity contribution is 5.31. The van der Waals surface area contributed by atoms with Crippen LogP contribution in [0.3, 0.4) is 0 Å².